The lowest BCUT2D eigenvalue weighted by molar-refractivity contribution is 0.408. The van der Waals surface area contributed by atoms with Gasteiger partial charge in [0.15, 0.2) is 11.6 Å². The lowest BCUT2D eigenvalue weighted by Gasteiger charge is -2.11. The fourth-order valence-electron chi connectivity index (χ4n) is 2.98. The molecule has 4 rings (SSSR count). The minimum Gasteiger partial charge on any atom is -0.496 e. The Morgan fingerprint density at radius 1 is 1.00 bits per heavy atom. The van der Waals surface area contributed by atoms with Crippen molar-refractivity contribution in [1.82, 2.24) is 9.55 Å². The van der Waals surface area contributed by atoms with E-state index in [2.05, 4.69) is 16.7 Å². The van der Waals surface area contributed by atoms with E-state index in [1.807, 2.05) is 55.5 Å². The molecule has 0 N–H and O–H groups in total. The standard InChI is InChI=1S/C20H18N2O2/c1-14-11-12-19(24-14)20-21-16-8-4-5-9-17(16)22(20)13-15-7-3-6-10-18(15)23-2/h3-12H,13H2,1-2H3. The van der Waals surface area contributed by atoms with Crippen LogP contribution in [0.3, 0.4) is 0 Å². The molecule has 0 spiro atoms. The summed E-state index contributed by atoms with van der Waals surface area (Å²) in [6.07, 6.45) is 0. The highest BCUT2D eigenvalue weighted by molar-refractivity contribution is 5.80. The highest BCUT2D eigenvalue weighted by Gasteiger charge is 2.16. The molecule has 0 aliphatic rings. The van der Waals surface area contributed by atoms with Crippen molar-refractivity contribution >= 4 is 11.0 Å². The molecule has 0 fully saturated rings. The van der Waals surface area contributed by atoms with Gasteiger partial charge in [-0.15, -0.1) is 0 Å². The molecular formula is C20H18N2O2. The van der Waals surface area contributed by atoms with Gasteiger partial charge in [-0.1, -0.05) is 30.3 Å². The second-order valence-electron chi connectivity index (χ2n) is 5.73. The van der Waals surface area contributed by atoms with Crippen LogP contribution in [0.1, 0.15) is 11.3 Å². The lowest BCUT2D eigenvalue weighted by atomic mass is 10.2. The first-order valence-corrected chi connectivity index (χ1v) is 7.90. The summed E-state index contributed by atoms with van der Waals surface area (Å²) < 4.78 is 13.5. The molecule has 0 amide bonds. The molecule has 120 valence electrons. The van der Waals surface area contributed by atoms with E-state index in [-0.39, 0.29) is 0 Å². The zero-order chi connectivity index (χ0) is 16.5. The number of hydrogen-bond donors (Lipinski definition) is 0. The fourth-order valence-corrected chi connectivity index (χ4v) is 2.98. The third kappa shape index (κ3) is 2.46. The fraction of sp³-hybridized carbons (Fsp3) is 0.150. The Balaban J connectivity index is 1.89. The number of rotatable bonds is 4. The Morgan fingerprint density at radius 2 is 1.79 bits per heavy atom. The predicted molar refractivity (Wildman–Crippen MR) is 94.3 cm³/mol. The van der Waals surface area contributed by atoms with Crippen LogP contribution in [0, 0.1) is 6.92 Å². The number of nitrogens with zero attached hydrogens (tertiary/aromatic N) is 2. The second-order valence-corrected chi connectivity index (χ2v) is 5.73. The molecule has 4 nitrogen and oxygen atoms in total. The van der Waals surface area contributed by atoms with Crippen LogP contribution in [-0.2, 0) is 6.54 Å². The van der Waals surface area contributed by atoms with Crippen molar-refractivity contribution in [3.05, 3.63) is 72.0 Å². The Labute approximate surface area is 140 Å². The monoisotopic (exact) mass is 318 g/mol. The molecule has 2 aromatic carbocycles. The first kappa shape index (κ1) is 14.6. The Morgan fingerprint density at radius 3 is 2.58 bits per heavy atom. The van der Waals surface area contributed by atoms with E-state index in [0.717, 1.165) is 39.7 Å². The van der Waals surface area contributed by atoms with Crippen LogP contribution in [0.5, 0.6) is 5.75 Å². The average molecular weight is 318 g/mol. The van der Waals surface area contributed by atoms with Gasteiger partial charge >= 0.3 is 0 Å². The molecule has 4 aromatic rings. The van der Waals surface area contributed by atoms with E-state index in [1.165, 1.54) is 0 Å². The number of fused-ring (bicyclic) bond motifs is 1. The zero-order valence-electron chi connectivity index (χ0n) is 13.7. The van der Waals surface area contributed by atoms with Gasteiger partial charge < -0.3 is 13.7 Å². The SMILES string of the molecule is COc1ccccc1Cn1c(-c2ccc(C)o2)nc2ccccc21. The number of furan rings is 1. The molecule has 0 unspecified atom stereocenters. The summed E-state index contributed by atoms with van der Waals surface area (Å²) in [6, 6.07) is 20.1. The normalized spacial score (nSPS) is 11.1. The molecule has 2 heterocycles. The van der Waals surface area contributed by atoms with E-state index in [9.17, 15) is 0 Å². The van der Waals surface area contributed by atoms with E-state index < -0.39 is 0 Å². The molecule has 0 bridgehead atoms. The van der Waals surface area contributed by atoms with Crippen molar-refractivity contribution in [2.24, 2.45) is 0 Å². The van der Waals surface area contributed by atoms with Gasteiger partial charge in [-0.2, -0.15) is 0 Å². The summed E-state index contributed by atoms with van der Waals surface area (Å²) in [7, 11) is 1.70. The Kier molecular flexibility index (Phi) is 3.58. The first-order valence-electron chi connectivity index (χ1n) is 7.90. The molecule has 0 atom stereocenters. The van der Waals surface area contributed by atoms with Crippen molar-refractivity contribution in [2.75, 3.05) is 7.11 Å². The third-order valence-electron chi connectivity index (χ3n) is 4.14. The van der Waals surface area contributed by atoms with Crippen LogP contribution in [0.2, 0.25) is 0 Å². The molecule has 24 heavy (non-hydrogen) atoms. The summed E-state index contributed by atoms with van der Waals surface area (Å²) in [6.45, 7) is 2.61. The smallest absolute Gasteiger partial charge is 0.177 e. The minimum absolute atomic E-state index is 0.666. The first-order chi connectivity index (χ1) is 11.8. The van der Waals surface area contributed by atoms with Crippen molar-refractivity contribution in [3.63, 3.8) is 0 Å². The molecule has 0 saturated carbocycles. The van der Waals surface area contributed by atoms with Crippen molar-refractivity contribution < 1.29 is 9.15 Å². The van der Waals surface area contributed by atoms with Crippen LogP contribution < -0.4 is 4.74 Å². The minimum atomic E-state index is 0.666. The van der Waals surface area contributed by atoms with Gasteiger partial charge in [0.25, 0.3) is 0 Å². The quantitative estimate of drug-likeness (QED) is 0.549. The van der Waals surface area contributed by atoms with Crippen molar-refractivity contribution in [3.8, 4) is 17.3 Å². The molecule has 0 saturated heterocycles. The molecular weight excluding hydrogens is 300 g/mol. The highest BCUT2D eigenvalue weighted by Crippen LogP contribution is 2.29. The van der Waals surface area contributed by atoms with Gasteiger partial charge in [0.2, 0.25) is 0 Å². The van der Waals surface area contributed by atoms with Gasteiger partial charge in [-0.3, -0.25) is 0 Å². The van der Waals surface area contributed by atoms with Crippen LogP contribution in [0.4, 0.5) is 0 Å². The number of para-hydroxylation sites is 3. The number of aromatic nitrogens is 2. The van der Waals surface area contributed by atoms with Crippen molar-refractivity contribution in [2.45, 2.75) is 13.5 Å². The van der Waals surface area contributed by atoms with Gasteiger partial charge in [0, 0.05) is 5.56 Å². The third-order valence-corrected chi connectivity index (χ3v) is 4.14. The average Bonchev–Trinajstić information content (AvgIpc) is 3.19. The van der Waals surface area contributed by atoms with Gasteiger partial charge in [0.1, 0.15) is 11.5 Å². The summed E-state index contributed by atoms with van der Waals surface area (Å²) in [5, 5.41) is 0. The van der Waals surface area contributed by atoms with Crippen LogP contribution >= 0.6 is 0 Å². The number of imidazole rings is 1. The number of methoxy groups -OCH3 is 1. The van der Waals surface area contributed by atoms with E-state index in [1.54, 1.807) is 7.11 Å². The molecule has 0 radical (unpaired) electrons. The highest BCUT2D eigenvalue weighted by atomic mass is 16.5. The van der Waals surface area contributed by atoms with Crippen LogP contribution in [0.15, 0.2) is 65.1 Å². The van der Waals surface area contributed by atoms with Crippen LogP contribution in [0.25, 0.3) is 22.6 Å². The zero-order valence-corrected chi connectivity index (χ0v) is 13.7. The summed E-state index contributed by atoms with van der Waals surface area (Å²) >= 11 is 0. The molecule has 2 aromatic heterocycles. The van der Waals surface area contributed by atoms with E-state index in [4.69, 9.17) is 14.1 Å². The summed E-state index contributed by atoms with van der Waals surface area (Å²) in [4.78, 5) is 4.78. The predicted octanol–water partition coefficient (Wildman–Crippen LogP) is 4.66. The molecule has 4 heteroatoms. The summed E-state index contributed by atoms with van der Waals surface area (Å²) in [5.74, 6) is 3.35. The molecule has 0 aliphatic carbocycles. The number of benzene rings is 2. The van der Waals surface area contributed by atoms with Gasteiger partial charge in [0.05, 0.1) is 24.7 Å². The van der Waals surface area contributed by atoms with Gasteiger partial charge in [-0.25, -0.2) is 4.98 Å². The maximum atomic E-state index is 5.82. The van der Waals surface area contributed by atoms with Crippen LogP contribution in [-0.4, -0.2) is 16.7 Å². The van der Waals surface area contributed by atoms with Crippen molar-refractivity contribution in [1.29, 1.82) is 0 Å². The molecule has 0 aliphatic heterocycles. The van der Waals surface area contributed by atoms with Gasteiger partial charge in [-0.05, 0) is 37.3 Å². The maximum Gasteiger partial charge on any atom is 0.177 e. The number of aryl methyl sites for hydroxylation is 1. The summed E-state index contributed by atoms with van der Waals surface area (Å²) in [5.41, 5.74) is 3.14. The Hall–Kier alpha value is -3.01. The maximum absolute atomic E-state index is 5.82. The largest absolute Gasteiger partial charge is 0.496 e. The Bertz CT molecular complexity index is 998. The lowest BCUT2D eigenvalue weighted by Crippen LogP contribution is -2.03. The van der Waals surface area contributed by atoms with E-state index in [0.29, 0.717) is 6.54 Å². The number of ether oxygens (including phenoxy) is 1. The topological polar surface area (TPSA) is 40.2 Å². The number of hydrogen-bond acceptors (Lipinski definition) is 3. The van der Waals surface area contributed by atoms with E-state index >= 15 is 0 Å². The second kappa shape index (κ2) is 5.89.